The maximum Gasteiger partial charge on any atom is 0.337 e. The second-order valence-corrected chi connectivity index (χ2v) is 4.62. The first-order valence-corrected chi connectivity index (χ1v) is 7.01. The standard InChI is InChI=1S/C17H19NO4/c1-3-22-15-9-5-7-13(16(15)19)11-18-14-8-4-6-12(10-14)17(20)21-2/h4-10,18-19H,3,11H2,1-2H3. The SMILES string of the molecule is CCOc1cccc(CNc2cccc(C(=O)OC)c2)c1O. The predicted molar refractivity (Wildman–Crippen MR) is 84.4 cm³/mol. The average molecular weight is 301 g/mol. The molecular weight excluding hydrogens is 282 g/mol. The number of nitrogens with one attached hydrogen (secondary N) is 1. The van der Waals surface area contributed by atoms with Gasteiger partial charge in [0.15, 0.2) is 11.5 Å². The van der Waals surface area contributed by atoms with Gasteiger partial charge in [-0.25, -0.2) is 4.79 Å². The van der Waals surface area contributed by atoms with Gasteiger partial charge < -0.3 is 19.9 Å². The van der Waals surface area contributed by atoms with Crippen LogP contribution in [0.1, 0.15) is 22.8 Å². The summed E-state index contributed by atoms with van der Waals surface area (Å²) in [5.41, 5.74) is 1.96. The third kappa shape index (κ3) is 3.69. The van der Waals surface area contributed by atoms with Gasteiger partial charge in [-0.05, 0) is 31.2 Å². The number of phenols is 1. The van der Waals surface area contributed by atoms with Crippen LogP contribution in [0, 0.1) is 0 Å². The van der Waals surface area contributed by atoms with E-state index < -0.39 is 0 Å². The Morgan fingerprint density at radius 1 is 1.23 bits per heavy atom. The zero-order valence-corrected chi connectivity index (χ0v) is 12.6. The molecule has 5 nitrogen and oxygen atoms in total. The molecule has 0 fully saturated rings. The maximum absolute atomic E-state index is 11.5. The molecule has 0 atom stereocenters. The molecule has 2 aromatic carbocycles. The lowest BCUT2D eigenvalue weighted by Crippen LogP contribution is -2.04. The van der Waals surface area contributed by atoms with Gasteiger partial charge in [-0.1, -0.05) is 18.2 Å². The first-order valence-electron chi connectivity index (χ1n) is 7.01. The van der Waals surface area contributed by atoms with Crippen molar-refractivity contribution in [3.63, 3.8) is 0 Å². The van der Waals surface area contributed by atoms with Crippen LogP contribution in [0.15, 0.2) is 42.5 Å². The highest BCUT2D eigenvalue weighted by Gasteiger charge is 2.09. The molecule has 5 heteroatoms. The van der Waals surface area contributed by atoms with Gasteiger partial charge in [0.25, 0.3) is 0 Å². The molecule has 0 spiro atoms. The van der Waals surface area contributed by atoms with Crippen molar-refractivity contribution in [2.24, 2.45) is 0 Å². The van der Waals surface area contributed by atoms with Gasteiger partial charge in [-0.2, -0.15) is 0 Å². The van der Waals surface area contributed by atoms with E-state index in [1.165, 1.54) is 7.11 Å². The van der Waals surface area contributed by atoms with Crippen molar-refractivity contribution in [1.82, 2.24) is 0 Å². The number of aromatic hydroxyl groups is 1. The molecule has 0 aliphatic heterocycles. The number of anilines is 1. The van der Waals surface area contributed by atoms with E-state index >= 15 is 0 Å². The second kappa shape index (κ2) is 7.36. The number of carbonyl (C=O) groups excluding carboxylic acids is 1. The van der Waals surface area contributed by atoms with Crippen LogP contribution in [0.3, 0.4) is 0 Å². The fourth-order valence-electron chi connectivity index (χ4n) is 2.05. The van der Waals surface area contributed by atoms with Crippen molar-refractivity contribution >= 4 is 11.7 Å². The van der Waals surface area contributed by atoms with Gasteiger partial charge in [0.05, 0.1) is 19.3 Å². The zero-order valence-electron chi connectivity index (χ0n) is 12.6. The summed E-state index contributed by atoms with van der Waals surface area (Å²) in [6.07, 6.45) is 0. The highest BCUT2D eigenvalue weighted by Crippen LogP contribution is 2.30. The van der Waals surface area contributed by atoms with E-state index in [0.29, 0.717) is 24.5 Å². The lowest BCUT2D eigenvalue weighted by atomic mass is 10.1. The van der Waals surface area contributed by atoms with Gasteiger partial charge in [-0.15, -0.1) is 0 Å². The van der Waals surface area contributed by atoms with Crippen LogP contribution in [0.2, 0.25) is 0 Å². The number of carbonyl (C=O) groups is 1. The number of ether oxygens (including phenoxy) is 2. The van der Waals surface area contributed by atoms with E-state index in [1.807, 2.05) is 25.1 Å². The first kappa shape index (κ1) is 15.7. The molecular formula is C17H19NO4. The Morgan fingerprint density at radius 2 is 2.00 bits per heavy atom. The quantitative estimate of drug-likeness (QED) is 0.802. The Bertz CT molecular complexity index is 655. The Balaban J connectivity index is 2.10. The minimum atomic E-state index is -0.384. The van der Waals surface area contributed by atoms with Gasteiger partial charge in [-0.3, -0.25) is 0 Å². The fraction of sp³-hybridized carbons (Fsp3) is 0.235. The summed E-state index contributed by atoms with van der Waals surface area (Å²) in [5, 5.41) is 13.3. The molecule has 0 aliphatic rings. The van der Waals surface area contributed by atoms with E-state index in [4.69, 9.17) is 9.47 Å². The van der Waals surface area contributed by atoms with Crippen molar-refractivity contribution in [2.45, 2.75) is 13.5 Å². The molecule has 0 saturated heterocycles. The minimum Gasteiger partial charge on any atom is -0.504 e. The summed E-state index contributed by atoms with van der Waals surface area (Å²) in [6, 6.07) is 12.4. The van der Waals surface area contributed by atoms with Crippen molar-refractivity contribution < 1.29 is 19.4 Å². The van der Waals surface area contributed by atoms with Crippen LogP contribution in [-0.4, -0.2) is 24.8 Å². The Morgan fingerprint density at radius 3 is 2.73 bits per heavy atom. The van der Waals surface area contributed by atoms with Crippen LogP contribution < -0.4 is 10.1 Å². The third-order valence-corrected chi connectivity index (χ3v) is 3.15. The highest BCUT2D eigenvalue weighted by atomic mass is 16.5. The van der Waals surface area contributed by atoms with Crippen molar-refractivity contribution in [1.29, 1.82) is 0 Å². The summed E-state index contributed by atoms with van der Waals surface area (Å²) in [6.45, 7) is 2.77. The summed E-state index contributed by atoms with van der Waals surface area (Å²) in [4.78, 5) is 11.5. The largest absolute Gasteiger partial charge is 0.504 e. The summed E-state index contributed by atoms with van der Waals surface area (Å²) in [5.74, 6) is 0.205. The molecule has 0 bridgehead atoms. The van der Waals surface area contributed by atoms with Crippen LogP contribution >= 0.6 is 0 Å². The van der Waals surface area contributed by atoms with E-state index in [-0.39, 0.29) is 11.7 Å². The molecule has 0 radical (unpaired) electrons. The maximum atomic E-state index is 11.5. The number of methoxy groups -OCH3 is 1. The summed E-state index contributed by atoms with van der Waals surface area (Å²) >= 11 is 0. The van der Waals surface area contributed by atoms with Gasteiger partial charge in [0.1, 0.15) is 0 Å². The van der Waals surface area contributed by atoms with E-state index in [9.17, 15) is 9.90 Å². The summed E-state index contributed by atoms with van der Waals surface area (Å²) in [7, 11) is 1.35. The fourth-order valence-corrected chi connectivity index (χ4v) is 2.05. The number of rotatable bonds is 6. The van der Waals surface area contributed by atoms with Crippen molar-refractivity contribution in [2.75, 3.05) is 19.0 Å². The number of benzene rings is 2. The Hall–Kier alpha value is -2.69. The van der Waals surface area contributed by atoms with Gasteiger partial charge in [0.2, 0.25) is 0 Å². The molecule has 0 aliphatic carbocycles. The second-order valence-electron chi connectivity index (χ2n) is 4.62. The number of esters is 1. The number of hydrogen-bond acceptors (Lipinski definition) is 5. The van der Waals surface area contributed by atoms with Crippen molar-refractivity contribution in [3.8, 4) is 11.5 Å². The van der Waals surface area contributed by atoms with Gasteiger partial charge in [0, 0.05) is 17.8 Å². The molecule has 22 heavy (non-hydrogen) atoms. The van der Waals surface area contributed by atoms with E-state index in [0.717, 1.165) is 11.3 Å². The first-order chi connectivity index (χ1) is 10.7. The molecule has 2 N–H and O–H groups in total. The van der Waals surface area contributed by atoms with E-state index in [2.05, 4.69) is 5.32 Å². The zero-order chi connectivity index (χ0) is 15.9. The highest BCUT2D eigenvalue weighted by molar-refractivity contribution is 5.90. The molecule has 0 heterocycles. The smallest absolute Gasteiger partial charge is 0.337 e. The van der Waals surface area contributed by atoms with Crippen LogP contribution in [0.25, 0.3) is 0 Å². The average Bonchev–Trinajstić information content (AvgIpc) is 2.55. The lowest BCUT2D eigenvalue weighted by Gasteiger charge is -2.12. The Kier molecular flexibility index (Phi) is 5.25. The van der Waals surface area contributed by atoms with E-state index in [1.54, 1.807) is 24.3 Å². The Labute approximate surface area is 129 Å². The normalized spacial score (nSPS) is 10.1. The molecule has 116 valence electrons. The van der Waals surface area contributed by atoms with Crippen LogP contribution in [0.4, 0.5) is 5.69 Å². The lowest BCUT2D eigenvalue weighted by molar-refractivity contribution is 0.0601. The monoisotopic (exact) mass is 301 g/mol. The third-order valence-electron chi connectivity index (χ3n) is 3.15. The summed E-state index contributed by atoms with van der Waals surface area (Å²) < 4.78 is 10.0. The molecule has 2 rings (SSSR count). The van der Waals surface area contributed by atoms with Crippen molar-refractivity contribution in [3.05, 3.63) is 53.6 Å². The number of para-hydroxylation sites is 1. The predicted octanol–water partition coefficient (Wildman–Crippen LogP) is 3.19. The molecule has 0 unspecified atom stereocenters. The van der Waals surface area contributed by atoms with Gasteiger partial charge >= 0.3 is 5.97 Å². The number of phenolic OH excluding ortho intramolecular Hbond substituents is 1. The molecule has 0 amide bonds. The topological polar surface area (TPSA) is 67.8 Å². The van der Waals surface area contributed by atoms with Crippen LogP contribution in [-0.2, 0) is 11.3 Å². The molecule has 0 aromatic heterocycles. The van der Waals surface area contributed by atoms with Crippen LogP contribution in [0.5, 0.6) is 11.5 Å². The number of hydrogen-bond donors (Lipinski definition) is 2. The minimum absolute atomic E-state index is 0.126. The molecule has 0 saturated carbocycles. The molecule has 2 aromatic rings.